The maximum Gasteiger partial charge on any atom is 0.245 e. The fraction of sp³-hybridized carbons (Fsp3) is 0.700. The summed E-state index contributed by atoms with van der Waals surface area (Å²) in [5, 5.41) is 8.17. The number of ether oxygens (including phenoxy) is 1. The molecule has 0 spiro atoms. The largest absolute Gasteiger partial charge is 0.373 e. The SMILES string of the molecule is Cc1nnc(N2CCOC(CCl)C2)nc1C. The topological polar surface area (TPSA) is 51.1 Å². The minimum absolute atomic E-state index is 0.0561. The Labute approximate surface area is 99.8 Å². The summed E-state index contributed by atoms with van der Waals surface area (Å²) in [6.45, 7) is 6.02. The molecule has 0 saturated carbocycles. The second-order valence-electron chi connectivity index (χ2n) is 3.88. The summed E-state index contributed by atoms with van der Waals surface area (Å²) in [6.07, 6.45) is 0.0561. The van der Waals surface area contributed by atoms with Crippen LogP contribution in [-0.4, -0.2) is 46.9 Å². The number of hydrogen-bond acceptors (Lipinski definition) is 5. The molecule has 0 aromatic carbocycles. The minimum Gasteiger partial charge on any atom is -0.373 e. The summed E-state index contributed by atoms with van der Waals surface area (Å²) in [7, 11) is 0. The molecule has 6 heteroatoms. The molecule has 0 amide bonds. The van der Waals surface area contributed by atoms with Crippen molar-refractivity contribution in [3.63, 3.8) is 0 Å². The Bertz CT molecular complexity index is 374. The van der Waals surface area contributed by atoms with Gasteiger partial charge in [0.2, 0.25) is 5.95 Å². The number of anilines is 1. The third kappa shape index (κ3) is 2.41. The molecule has 0 N–H and O–H groups in total. The van der Waals surface area contributed by atoms with Gasteiger partial charge in [0.1, 0.15) is 0 Å². The van der Waals surface area contributed by atoms with Crippen molar-refractivity contribution in [2.24, 2.45) is 0 Å². The van der Waals surface area contributed by atoms with Crippen LogP contribution in [0.2, 0.25) is 0 Å². The molecule has 1 aliphatic rings. The molecule has 1 atom stereocenters. The van der Waals surface area contributed by atoms with Crippen molar-refractivity contribution in [3.8, 4) is 0 Å². The number of halogens is 1. The molecule has 2 rings (SSSR count). The lowest BCUT2D eigenvalue weighted by atomic mass is 10.3. The van der Waals surface area contributed by atoms with Crippen LogP contribution in [0.3, 0.4) is 0 Å². The van der Waals surface area contributed by atoms with Crippen molar-refractivity contribution in [2.45, 2.75) is 20.0 Å². The maximum absolute atomic E-state index is 5.78. The van der Waals surface area contributed by atoms with Crippen LogP contribution in [0.15, 0.2) is 0 Å². The Hall–Kier alpha value is -0.940. The normalized spacial score (nSPS) is 21.2. The number of rotatable bonds is 2. The molecular weight excluding hydrogens is 228 g/mol. The number of morpholine rings is 1. The molecule has 0 radical (unpaired) electrons. The van der Waals surface area contributed by atoms with Crippen molar-refractivity contribution in [3.05, 3.63) is 11.4 Å². The fourth-order valence-corrected chi connectivity index (χ4v) is 1.76. The average Bonchev–Trinajstić information content (AvgIpc) is 2.33. The zero-order chi connectivity index (χ0) is 11.5. The summed E-state index contributed by atoms with van der Waals surface area (Å²) < 4.78 is 5.48. The van der Waals surface area contributed by atoms with Crippen molar-refractivity contribution in [1.82, 2.24) is 15.2 Å². The summed E-state index contributed by atoms with van der Waals surface area (Å²) in [4.78, 5) is 6.48. The van der Waals surface area contributed by atoms with Crippen LogP contribution in [0.5, 0.6) is 0 Å². The molecule has 16 heavy (non-hydrogen) atoms. The number of aromatic nitrogens is 3. The molecular formula is C10H15ClN4O. The van der Waals surface area contributed by atoms with Gasteiger partial charge in [0, 0.05) is 13.1 Å². The second-order valence-corrected chi connectivity index (χ2v) is 4.18. The van der Waals surface area contributed by atoms with Crippen LogP contribution in [0, 0.1) is 13.8 Å². The van der Waals surface area contributed by atoms with E-state index < -0.39 is 0 Å². The third-order valence-electron chi connectivity index (χ3n) is 2.67. The van der Waals surface area contributed by atoms with Gasteiger partial charge >= 0.3 is 0 Å². The maximum atomic E-state index is 5.78. The van der Waals surface area contributed by atoms with Crippen LogP contribution in [0.1, 0.15) is 11.4 Å². The first-order valence-electron chi connectivity index (χ1n) is 5.31. The third-order valence-corrected chi connectivity index (χ3v) is 3.02. The van der Waals surface area contributed by atoms with E-state index in [1.54, 1.807) is 0 Å². The molecule has 88 valence electrons. The smallest absolute Gasteiger partial charge is 0.245 e. The molecule has 2 heterocycles. The highest BCUT2D eigenvalue weighted by molar-refractivity contribution is 6.18. The molecule has 1 saturated heterocycles. The van der Waals surface area contributed by atoms with E-state index in [1.807, 2.05) is 13.8 Å². The van der Waals surface area contributed by atoms with Crippen LogP contribution in [0.4, 0.5) is 5.95 Å². The summed E-state index contributed by atoms with van der Waals surface area (Å²) in [6, 6.07) is 0. The van der Waals surface area contributed by atoms with Gasteiger partial charge in [-0.25, -0.2) is 4.98 Å². The molecule has 1 aliphatic heterocycles. The van der Waals surface area contributed by atoms with Crippen molar-refractivity contribution < 1.29 is 4.74 Å². The number of hydrogen-bond donors (Lipinski definition) is 0. The first-order valence-corrected chi connectivity index (χ1v) is 5.84. The van der Waals surface area contributed by atoms with Gasteiger partial charge in [-0.2, -0.15) is 5.10 Å². The van der Waals surface area contributed by atoms with Crippen molar-refractivity contribution in [1.29, 1.82) is 0 Å². The van der Waals surface area contributed by atoms with Gasteiger partial charge in [-0.3, -0.25) is 0 Å². The molecule has 0 bridgehead atoms. The van der Waals surface area contributed by atoms with Gasteiger partial charge in [0.05, 0.1) is 30.0 Å². The highest BCUT2D eigenvalue weighted by atomic mass is 35.5. The van der Waals surface area contributed by atoms with E-state index in [4.69, 9.17) is 16.3 Å². The van der Waals surface area contributed by atoms with Gasteiger partial charge < -0.3 is 9.64 Å². The fourth-order valence-electron chi connectivity index (χ4n) is 1.57. The van der Waals surface area contributed by atoms with E-state index in [0.717, 1.165) is 24.5 Å². The number of nitrogens with zero attached hydrogens (tertiary/aromatic N) is 4. The molecule has 1 fully saturated rings. The Morgan fingerprint density at radius 1 is 1.38 bits per heavy atom. The molecule has 1 aromatic heterocycles. The van der Waals surface area contributed by atoms with Crippen molar-refractivity contribution in [2.75, 3.05) is 30.5 Å². The lowest BCUT2D eigenvalue weighted by molar-refractivity contribution is 0.0548. The highest BCUT2D eigenvalue weighted by Crippen LogP contribution is 2.13. The summed E-state index contributed by atoms with van der Waals surface area (Å²) in [5.74, 6) is 1.16. The summed E-state index contributed by atoms with van der Waals surface area (Å²) >= 11 is 5.78. The summed E-state index contributed by atoms with van der Waals surface area (Å²) in [5.41, 5.74) is 1.78. The second kappa shape index (κ2) is 4.93. The Morgan fingerprint density at radius 3 is 2.88 bits per heavy atom. The monoisotopic (exact) mass is 242 g/mol. The van der Waals surface area contributed by atoms with Gasteiger partial charge in [-0.15, -0.1) is 16.7 Å². The van der Waals surface area contributed by atoms with E-state index >= 15 is 0 Å². The standard InChI is InChI=1S/C10H15ClN4O/c1-7-8(2)13-14-10(12-7)15-3-4-16-9(5-11)6-15/h9H,3-6H2,1-2H3. The van der Waals surface area contributed by atoms with E-state index in [9.17, 15) is 0 Å². The first kappa shape index (κ1) is 11.5. The van der Waals surface area contributed by atoms with Gasteiger partial charge in [0.25, 0.3) is 0 Å². The van der Waals surface area contributed by atoms with E-state index in [-0.39, 0.29) is 6.10 Å². The molecule has 0 aliphatic carbocycles. The quantitative estimate of drug-likeness (QED) is 0.723. The van der Waals surface area contributed by atoms with Gasteiger partial charge in [-0.1, -0.05) is 0 Å². The molecule has 5 nitrogen and oxygen atoms in total. The Balaban J connectivity index is 2.13. The van der Waals surface area contributed by atoms with Gasteiger partial charge in [-0.05, 0) is 13.8 Å². The highest BCUT2D eigenvalue weighted by Gasteiger charge is 2.22. The lowest BCUT2D eigenvalue weighted by Gasteiger charge is -2.31. The van der Waals surface area contributed by atoms with Crippen molar-refractivity contribution >= 4 is 17.5 Å². The number of alkyl halides is 1. The van der Waals surface area contributed by atoms with E-state index in [1.165, 1.54) is 0 Å². The molecule has 1 unspecified atom stereocenters. The average molecular weight is 243 g/mol. The predicted molar refractivity (Wildman–Crippen MR) is 62.0 cm³/mol. The number of aryl methyl sites for hydroxylation is 2. The van der Waals surface area contributed by atoms with Crippen LogP contribution < -0.4 is 4.90 Å². The van der Waals surface area contributed by atoms with E-state index in [2.05, 4.69) is 20.1 Å². The lowest BCUT2D eigenvalue weighted by Crippen LogP contribution is -2.44. The zero-order valence-electron chi connectivity index (χ0n) is 9.48. The Kier molecular flexibility index (Phi) is 3.56. The zero-order valence-corrected chi connectivity index (χ0v) is 10.2. The van der Waals surface area contributed by atoms with Crippen LogP contribution in [-0.2, 0) is 4.74 Å². The van der Waals surface area contributed by atoms with Crippen LogP contribution in [0.25, 0.3) is 0 Å². The van der Waals surface area contributed by atoms with E-state index in [0.29, 0.717) is 18.4 Å². The predicted octanol–water partition coefficient (Wildman–Crippen LogP) is 0.932. The molecule has 1 aromatic rings. The first-order chi connectivity index (χ1) is 7.70. The van der Waals surface area contributed by atoms with Crippen LogP contribution >= 0.6 is 11.6 Å². The Morgan fingerprint density at radius 2 is 2.19 bits per heavy atom. The van der Waals surface area contributed by atoms with Gasteiger partial charge in [0.15, 0.2) is 0 Å². The minimum atomic E-state index is 0.0561.